The molecule has 2 aromatic rings. The summed E-state index contributed by atoms with van der Waals surface area (Å²) in [4.78, 5) is 43.0. The van der Waals surface area contributed by atoms with Gasteiger partial charge in [0.25, 0.3) is 0 Å². The van der Waals surface area contributed by atoms with Gasteiger partial charge in [-0.15, -0.1) is 0 Å². The number of amides is 3. The molecule has 2 saturated heterocycles. The summed E-state index contributed by atoms with van der Waals surface area (Å²) in [6.07, 6.45) is 3.49. The third kappa shape index (κ3) is 5.85. The van der Waals surface area contributed by atoms with Crippen LogP contribution in [0.3, 0.4) is 0 Å². The lowest BCUT2D eigenvalue weighted by atomic mass is 9.72. The maximum Gasteiger partial charge on any atom is 0.227 e. The smallest absolute Gasteiger partial charge is 0.227 e. The molecule has 38 heavy (non-hydrogen) atoms. The van der Waals surface area contributed by atoms with E-state index in [2.05, 4.69) is 5.32 Å². The van der Waals surface area contributed by atoms with Crippen LogP contribution in [-0.4, -0.2) is 74.0 Å². The molecule has 1 N–H and O–H groups in total. The number of carbonyl (C=O) groups is 3. The predicted octanol–water partition coefficient (Wildman–Crippen LogP) is 3.19. The van der Waals surface area contributed by atoms with Crippen molar-refractivity contribution in [1.29, 1.82) is 0 Å². The van der Waals surface area contributed by atoms with Crippen LogP contribution in [-0.2, 0) is 32.0 Å². The minimum atomic E-state index is -0.588. The molecule has 8 nitrogen and oxygen atoms in total. The highest BCUT2D eigenvalue weighted by Gasteiger charge is 2.43. The normalized spacial score (nSPS) is 21.6. The number of fused-ring (bicyclic) bond motifs is 4. The highest BCUT2D eigenvalue weighted by molar-refractivity contribution is 5.85. The topological polar surface area (TPSA) is 88.2 Å². The minimum absolute atomic E-state index is 0.0559. The summed E-state index contributed by atoms with van der Waals surface area (Å²) in [5, 5.41) is 3.20. The average molecular weight is 520 g/mol. The average Bonchev–Trinajstić information content (AvgIpc) is 2.93. The molecule has 3 heterocycles. The number of ether oxygens (including phenoxy) is 2. The Bertz CT molecular complexity index is 1170. The van der Waals surface area contributed by atoms with Gasteiger partial charge >= 0.3 is 0 Å². The van der Waals surface area contributed by atoms with Gasteiger partial charge in [0.2, 0.25) is 17.7 Å². The van der Waals surface area contributed by atoms with Crippen molar-refractivity contribution in [3.05, 3.63) is 59.7 Å². The third-order valence-electron chi connectivity index (χ3n) is 8.20. The van der Waals surface area contributed by atoms with Crippen LogP contribution in [0.1, 0.15) is 36.8 Å². The van der Waals surface area contributed by atoms with E-state index in [0.29, 0.717) is 71.4 Å². The van der Waals surface area contributed by atoms with E-state index in [0.717, 1.165) is 29.0 Å². The minimum Gasteiger partial charge on any atom is -0.457 e. The molecule has 2 fully saturated rings. The second-order valence-corrected chi connectivity index (χ2v) is 10.8. The Hall–Kier alpha value is -3.39. The second kappa shape index (κ2) is 11.6. The molecule has 1 atom stereocenters. The molecule has 3 aliphatic heterocycles. The highest BCUT2D eigenvalue weighted by atomic mass is 16.5. The lowest BCUT2D eigenvalue weighted by molar-refractivity contribution is -0.147. The molecule has 0 radical (unpaired) electrons. The van der Waals surface area contributed by atoms with Crippen molar-refractivity contribution < 1.29 is 23.9 Å². The van der Waals surface area contributed by atoms with Gasteiger partial charge in [-0.25, -0.2) is 0 Å². The van der Waals surface area contributed by atoms with Crippen molar-refractivity contribution in [2.24, 2.45) is 11.3 Å². The van der Waals surface area contributed by atoms with Crippen molar-refractivity contribution in [2.45, 2.75) is 38.5 Å². The largest absolute Gasteiger partial charge is 0.457 e. The van der Waals surface area contributed by atoms with Gasteiger partial charge in [0.1, 0.15) is 11.5 Å². The number of hydrogen-bond donors (Lipinski definition) is 1. The fourth-order valence-electron chi connectivity index (χ4n) is 5.95. The van der Waals surface area contributed by atoms with E-state index in [-0.39, 0.29) is 23.6 Å². The quantitative estimate of drug-likeness (QED) is 0.671. The van der Waals surface area contributed by atoms with Gasteiger partial charge in [-0.05, 0) is 67.5 Å². The molecular weight excluding hydrogens is 482 g/mol. The number of methoxy groups -OCH3 is 1. The van der Waals surface area contributed by atoms with E-state index in [9.17, 15) is 14.4 Å². The summed E-state index contributed by atoms with van der Waals surface area (Å²) in [7, 11) is 1.61. The van der Waals surface area contributed by atoms with E-state index in [1.165, 1.54) is 0 Å². The summed E-state index contributed by atoms with van der Waals surface area (Å²) in [6.45, 7) is 3.03. The monoisotopic (exact) mass is 519 g/mol. The lowest BCUT2D eigenvalue weighted by Gasteiger charge is -2.42. The standard InChI is InChI=1S/C30H37N3O5/c1-37-17-16-33-21-24(8-9-27(33)34)28(35)32-14-11-30(12-15-32)20-23-5-3-7-26(19-23)38-25-6-2-4-22(18-25)10-13-31-29(30)36/h2-7,18-19,24H,8-17,20-21H2,1H3,(H,31,36)/t24-/m0/s1. The van der Waals surface area contributed by atoms with Crippen LogP contribution in [0.4, 0.5) is 0 Å². The van der Waals surface area contributed by atoms with Crippen molar-refractivity contribution in [1.82, 2.24) is 15.1 Å². The Morgan fingerprint density at radius 3 is 2.50 bits per heavy atom. The first-order valence-corrected chi connectivity index (χ1v) is 13.7. The molecule has 0 aliphatic carbocycles. The predicted molar refractivity (Wildman–Crippen MR) is 143 cm³/mol. The summed E-state index contributed by atoms with van der Waals surface area (Å²) in [5.74, 6) is 1.58. The van der Waals surface area contributed by atoms with Crippen molar-refractivity contribution >= 4 is 17.7 Å². The van der Waals surface area contributed by atoms with Crippen LogP contribution >= 0.6 is 0 Å². The van der Waals surface area contributed by atoms with Crippen molar-refractivity contribution in [3.63, 3.8) is 0 Å². The maximum atomic E-state index is 13.7. The second-order valence-electron chi connectivity index (χ2n) is 10.8. The molecular formula is C30H37N3O5. The van der Waals surface area contributed by atoms with Gasteiger partial charge in [0.15, 0.2) is 0 Å². The number of benzene rings is 2. The molecule has 8 heteroatoms. The Labute approximate surface area is 224 Å². The third-order valence-corrected chi connectivity index (χ3v) is 8.20. The summed E-state index contributed by atoms with van der Waals surface area (Å²) in [6, 6.07) is 16.0. The first-order chi connectivity index (χ1) is 18.5. The Morgan fingerprint density at radius 1 is 1.05 bits per heavy atom. The number of hydrogen-bond acceptors (Lipinski definition) is 5. The van der Waals surface area contributed by atoms with E-state index >= 15 is 0 Å². The molecule has 0 unspecified atom stereocenters. The zero-order chi connectivity index (χ0) is 26.5. The Morgan fingerprint density at radius 2 is 1.76 bits per heavy atom. The SMILES string of the molecule is COCCN1C[C@@H](C(=O)N2CCC3(CC2)Cc2cccc(c2)Oc2cccc(c2)CCNC3=O)CCC1=O. The van der Waals surface area contributed by atoms with Crippen LogP contribution in [0.15, 0.2) is 48.5 Å². The number of likely N-dealkylation sites (tertiary alicyclic amines) is 2. The highest BCUT2D eigenvalue weighted by Crippen LogP contribution is 2.38. The molecule has 5 rings (SSSR count). The number of rotatable bonds is 4. The molecule has 0 aromatic heterocycles. The summed E-state index contributed by atoms with van der Waals surface area (Å²) in [5.41, 5.74) is 1.57. The summed E-state index contributed by atoms with van der Waals surface area (Å²) < 4.78 is 11.3. The summed E-state index contributed by atoms with van der Waals surface area (Å²) >= 11 is 0. The van der Waals surface area contributed by atoms with Gasteiger partial charge in [-0.3, -0.25) is 14.4 Å². The zero-order valence-corrected chi connectivity index (χ0v) is 22.1. The van der Waals surface area contributed by atoms with Crippen LogP contribution in [0.25, 0.3) is 0 Å². The van der Waals surface area contributed by atoms with Crippen molar-refractivity contribution in [2.75, 3.05) is 46.4 Å². The van der Waals surface area contributed by atoms with Gasteiger partial charge in [-0.2, -0.15) is 0 Å². The van der Waals surface area contributed by atoms with Gasteiger partial charge < -0.3 is 24.6 Å². The molecule has 4 bridgehead atoms. The maximum absolute atomic E-state index is 13.7. The van der Waals surface area contributed by atoms with Crippen molar-refractivity contribution in [3.8, 4) is 11.5 Å². The number of nitrogens with zero attached hydrogens (tertiary/aromatic N) is 2. The van der Waals surface area contributed by atoms with Gasteiger partial charge in [0.05, 0.1) is 17.9 Å². The molecule has 3 aliphatic rings. The molecule has 0 saturated carbocycles. The first-order valence-electron chi connectivity index (χ1n) is 13.7. The Balaban J connectivity index is 1.30. The van der Waals surface area contributed by atoms with E-state index < -0.39 is 5.41 Å². The fourth-order valence-corrected chi connectivity index (χ4v) is 5.95. The van der Waals surface area contributed by atoms with Crippen LogP contribution in [0, 0.1) is 11.3 Å². The molecule has 3 amide bonds. The van der Waals surface area contributed by atoms with E-state index in [4.69, 9.17) is 9.47 Å². The Kier molecular flexibility index (Phi) is 7.98. The number of nitrogens with one attached hydrogen (secondary N) is 1. The lowest BCUT2D eigenvalue weighted by Crippen LogP contribution is -2.54. The number of carbonyl (C=O) groups excluding carboxylic acids is 3. The molecule has 202 valence electrons. The van der Waals surface area contributed by atoms with Crippen LogP contribution in [0.5, 0.6) is 11.5 Å². The molecule has 2 aromatic carbocycles. The number of piperidine rings is 2. The van der Waals surface area contributed by atoms with Crippen LogP contribution < -0.4 is 10.1 Å². The van der Waals surface area contributed by atoms with E-state index in [1.807, 2.05) is 53.4 Å². The van der Waals surface area contributed by atoms with Crippen LogP contribution in [0.2, 0.25) is 0 Å². The fraction of sp³-hybridized carbons (Fsp3) is 0.500. The molecule has 1 spiro atoms. The zero-order valence-electron chi connectivity index (χ0n) is 22.1. The van der Waals surface area contributed by atoms with Gasteiger partial charge in [-0.1, -0.05) is 24.3 Å². The van der Waals surface area contributed by atoms with E-state index in [1.54, 1.807) is 12.0 Å². The first kappa shape index (κ1) is 26.2. The van der Waals surface area contributed by atoms with Gasteiger partial charge in [0, 0.05) is 46.3 Å².